The van der Waals surface area contributed by atoms with Crippen LogP contribution in [-0.2, 0) is 31.3 Å². The highest BCUT2D eigenvalue weighted by Crippen LogP contribution is 2.31. The van der Waals surface area contributed by atoms with E-state index in [1.807, 2.05) is 6.92 Å². The monoisotopic (exact) mass is 669 g/mol. The van der Waals surface area contributed by atoms with Crippen molar-refractivity contribution in [3.05, 3.63) is 82.3 Å². The number of nitrogens with zero attached hydrogens (tertiary/aromatic N) is 2. The Bertz CT molecular complexity index is 1670. The second-order valence-corrected chi connectivity index (χ2v) is 15.1. The molecule has 0 unspecified atom stereocenters. The number of aliphatic hydroxyl groups excluding tert-OH is 1. The van der Waals surface area contributed by atoms with E-state index < -0.39 is 32.2 Å². The molecule has 0 saturated heterocycles. The minimum Gasteiger partial charge on any atom is -0.488 e. The summed E-state index contributed by atoms with van der Waals surface area (Å²) in [6.07, 6.45) is -0.837. The van der Waals surface area contributed by atoms with Crippen molar-refractivity contribution in [1.82, 2.24) is 9.21 Å². The van der Waals surface area contributed by atoms with Crippen molar-refractivity contribution in [1.29, 1.82) is 0 Å². The molecule has 0 spiro atoms. The van der Waals surface area contributed by atoms with E-state index in [1.165, 1.54) is 76.9 Å². The van der Waals surface area contributed by atoms with Crippen LogP contribution < -0.4 is 9.46 Å². The predicted molar refractivity (Wildman–Crippen MR) is 166 cm³/mol. The van der Waals surface area contributed by atoms with E-state index in [1.54, 1.807) is 13.0 Å². The van der Waals surface area contributed by atoms with Gasteiger partial charge in [-0.1, -0.05) is 30.1 Å². The molecule has 3 aromatic carbocycles. The Morgan fingerprint density at radius 1 is 1.00 bits per heavy atom. The smallest absolute Gasteiger partial charge is 0.261 e. The molecule has 3 atom stereocenters. The molecule has 4 rings (SSSR count). The number of fused-ring (bicyclic) bond motifs is 1. The summed E-state index contributed by atoms with van der Waals surface area (Å²) in [5.74, 6) is -0.330. The van der Waals surface area contributed by atoms with E-state index in [0.29, 0.717) is 21.4 Å². The fourth-order valence-electron chi connectivity index (χ4n) is 4.68. The minimum atomic E-state index is -3.96. The Morgan fingerprint density at radius 2 is 1.58 bits per heavy atom. The average Bonchev–Trinajstić information content (AvgIpc) is 3.00. The Balaban J connectivity index is 1.68. The minimum absolute atomic E-state index is 0.00883. The molecule has 0 radical (unpaired) electrons. The first-order valence-corrected chi connectivity index (χ1v) is 17.1. The van der Waals surface area contributed by atoms with Crippen LogP contribution in [0.25, 0.3) is 0 Å². The molecule has 3 aromatic rings. The standard InChI is InChI=1S/C29H33Cl2N3O7S2/c1-19-16-34(20(2)18-35)29(36)15-21-14-24(32-42(37,38)25-9-4-22(30)5-10-25)8-13-27(21)41-28(19)17-33(3)43(39,40)26-11-6-23(31)7-12-26/h4-14,19-20,28,32,35H,15-18H2,1-3H3/t19-,20-,28-/m0/s1. The van der Waals surface area contributed by atoms with Crippen molar-refractivity contribution in [2.45, 2.75) is 42.2 Å². The summed E-state index contributed by atoms with van der Waals surface area (Å²) in [5.41, 5.74) is 0.608. The van der Waals surface area contributed by atoms with Crippen molar-refractivity contribution in [3.8, 4) is 5.75 Å². The number of hydrogen-bond acceptors (Lipinski definition) is 7. The maximum atomic E-state index is 13.5. The quantitative estimate of drug-likeness (QED) is 0.348. The molecule has 1 heterocycles. The van der Waals surface area contributed by atoms with Gasteiger partial charge in [0.15, 0.2) is 0 Å². The molecule has 0 bridgehead atoms. The molecular formula is C29H33Cl2N3O7S2. The van der Waals surface area contributed by atoms with Crippen molar-refractivity contribution < 1.29 is 31.5 Å². The second-order valence-electron chi connectivity index (χ2n) is 10.5. The van der Waals surface area contributed by atoms with Crippen LogP contribution in [-0.4, -0.2) is 75.9 Å². The van der Waals surface area contributed by atoms with Crippen LogP contribution in [0.5, 0.6) is 5.75 Å². The van der Waals surface area contributed by atoms with Crippen LogP contribution in [0.1, 0.15) is 19.4 Å². The third-order valence-corrected chi connectivity index (χ3v) is 11.0. The predicted octanol–water partition coefficient (Wildman–Crippen LogP) is 4.26. The maximum Gasteiger partial charge on any atom is 0.261 e. The van der Waals surface area contributed by atoms with Gasteiger partial charge >= 0.3 is 0 Å². The van der Waals surface area contributed by atoms with Gasteiger partial charge < -0.3 is 14.7 Å². The van der Waals surface area contributed by atoms with Crippen LogP contribution in [0.15, 0.2) is 76.5 Å². The summed E-state index contributed by atoms with van der Waals surface area (Å²) < 4.78 is 62.7. The van der Waals surface area contributed by atoms with Gasteiger partial charge in [-0.05, 0) is 73.7 Å². The first kappa shape index (κ1) is 33.0. The zero-order valence-corrected chi connectivity index (χ0v) is 26.9. The Morgan fingerprint density at radius 3 is 2.16 bits per heavy atom. The van der Waals surface area contributed by atoms with E-state index in [0.717, 1.165) is 0 Å². The number of amides is 1. The van der Waals surface area contributed by atoms with Crippen LogP contribution in [0.3, 0.4) is 0 Å². The molecular weight excluding hydrogens is 637 g/mol. The number of aliphatic hydroxyl groups is 1. The molecule has 1 aliphatic rings. The summed E-state index contributed by atoms with van der Waals surface area (Å²) in [7, 11) is -6.41. The van der Waals surface area contributed by atoms with E-state index in [4.69, 9.17) is 27.9 Å². The van der Waals surface area contributed by atoms with Gasteiger partial charge in [0.1, 0.15) is 11.9 Å². The van der Waals surface area contributed by atoms with Gasteiger partial charge in [0.2, 0.25) is 15.9 Å². The van der Waals surface area contributed by atoms with Gasteiger partial charge in [0.25, 0.3) is 10.0 Å². The first-order chi connectivity index (χ1) is 20.2. The van der Waals surface area contributed by atoms with Gasteiger partial charge in [-0.25, -0.2) is 16.8 Å². The van der Waals surface area contributed by atoms with Crippen molar-refractivity contribution >= 4 is 54.8 Å². The maximum absolute atomic E-state index is 13.5. The van der Waals surface area contributed by atoms with Gasteiger partial charge in [0.05, 0.1) is 35.4 Å². The van der Waals surface area contributed by atoms with E-state index in [9.17, 15) is 26.7 Å². The number of anilines is 1. The Kier molecular flexibility index (Phi) is 10.3. The molecule has 232 valence electrons. The normalized spacial score (nSPS) is 18.7. The lowest BCUT2D eigenvalue weighted by Gasteiger charge is -2.33. The summed E-state index contributed by atoms with van der Waals surface area (Å²) in [6, 6.07) is 15.6. The molecule has 0 fully saturated rings. The van der Waals surface area contributed by atoms with Crippen LogP contribution in [0.4, 0.5) is 5.69 Å². The Labute approximate surface area is 262 Å². The zero-order chi connectivity index (χ0) is 31.5. The van der Waals surface area contributed by atoms with E-state index in [2.05, 4.69) is 4.72 Å². The molecule has 2 N–H and O–H groups in total. The number of rotatable bonds is 9. The highest BCUT2D eigenvalue weighted by molar-refractivity contribution is 7.92. The molecule has 0 aromatic heterocycles. The first-order valence-electron chi connectivity index (χ1n) is 13.4. The average molecular weight is 671 g/mol. The van der Waals surface area contributed by atoms with Crippen molar-refractivity contribution in [2.75, 3.05) is 31.5 Å². The summed E-state index contributed by atoms with van der Waals surface area (Å²) in [6.45, 7) is 3.43. The Hall–Kier alpha value is -2.87. The molecule has 1 aliphatic heterocycles. The number of ether oxygens (including phenoxy) is 1. The highest BCUT2D eigenvalue weighted by Gasteiger charge is 2.33. The summed E-state index contributed by atoms with van der Waals surface area (Å²) in [5, 5.41) is 10.7. The van der Waals surface area contributed by atoms with Crippen LogP contribution in [0, 0.1) is 5.92 Å². The third kappa shape index (κ3) is 7.81. The summed E-state index contributed by atoms with van der Waals surface area (Å²) >= 11 is 11.8. The molecule has 14 heteroatoms. The van der Waals surface area contributed by atoms with Crippen LogP contribution >= 0.6 is 23.2 Å². The number of hydrogen-bond donors (Lipinski definition) is 2. The molecule has 43 heavy (non-hydrogen) atoms. The number of likely N-dealkylation sites (N-methyl/N-ethyl adjacent to an activating group) is 1. The molecule has 1 amide bonds. The SMILES string of the molecule is C[C@H]1CN([C@@H](C)CO)C(=O)Cc2cc(NS(=O)(=O)c3ccc(Cl)cc3)ccc2O[C@H]1CN(C)S(=O)(=O)c1ccc(Cl)cc1. The van der Waals surface area contributed by atoms with Gasteiger partial charge in [-0.15, -0.1) is 0 Å². The molecule has 10 nitrogen and oxygen atoms in total. The van der Waals surface area contributed by atoms with E-state index in [-0.39, 0.29) is 53.4 Å². The van der Waals surface area contributed by atoms with Gasteiger partial charge in [-0.3, -0.25) is 9.52 Å². The number of carbonyl (C=O) groups excluding carboxylic acids is 1. The van der Waals surface area contributed by atoms with Crippen LogP contribution in [0.2, 0.25) is 10.0 Å². The molecule has 0 saturated carbocycles. The second kappa shape index (κ2) is 13.4. The number of nitrogens with one attached hydrogen (secondary N) is 1. The number of sulfonamides is 2. The third-order valence-electron chi connectivity index (χ3n) is 7.25. The lowest BCUT2D eigenvalue weighted by atomic mass is 10.0. The number of benzene rings is 3. The van der Waals surface area contributed by atoms with Crippen molar-refractivity contribution in [2.24, 2.45) is 5.92 Å². The lowest BCUT2D eigenvalue weighted by molar-refractivity contribution is -0.134. The van der Waals surface area contributed by atoms with Gasteiger partial charge in [-0.2, -0.15) is 4.31 Å². The number of halogens is 2. The fourth-order valence-corrected chi connectivity index (χ4v) is 7.16. The van der Waals surface area contributed by atoms with Gasteiger partial charge in [0, 0.05) is 40.8 Å². The largest absolute Gasteiger partial charge is 0.488 e. The van der Waals surface area contributed by atoms with E-state index >= 15 is 0 Å². The van der Waals surface area contributed by atoms with Crippen molar-refractivity contribution in [3.63, 3.8) is 0 Å². The molecule has 0 aliphatic carbocycles. The zero-order valence-electron chi connectivity index (χ0n) is 23.8. The number of carbonyl (C=O) groups is 1. The summed E-state index contributed by atoms with van der Waals surface area (Å²) in [4.78, 5) is 15.1. The topological polar surface area (TPSA) is 133 Å². The fraction of sp³-hybridized carbons (Fsp3) is 0.345. The highest BCUT2D eigenvalue weighted by atomic mass is 35.5. The lowest BCUT2D eigenvalue weighted by Crippen LogP contribution is -2.48.